The highest BCUT2D eigenvalue weighted by Gasteiger charge is 2.40. The van der Waals surface area contributed by atoms with E-state index in [0.29, 0.717) is 5.41 Å². The molecule has 0 aromatic carbocycles. The molecule has 1 amide bonds. The number of carbonyl (C=O) groups excluding carboxylic acids is 1. The van der Waals surface area contributed by atoms with Crippen LogP contribution in [-0.4, -0.2) is 30.7 Å². The van der Waals surface area contributed by atoms with Crippen molar-refractivity contribution < 1.29 is 9.53 Å². The molecule has 0 N–H and O–H groups in total. The summed E-state index contributed by atoms with van der Waals surface area (Å²) in [5.41, 5.74) is 0.573. The second-order valence-corrected chi connectivity index (χ2v) is 6.28. The minimum absolute atomic E-state index is 0.197. The number of ether oxygens (including phenoxy) is 1. The van der Waals surface area contributed by atoms with Gasteiger partial charge in [0.15, 0.2) is 6.61 Å². The standard InChI is InChI=1S/C15H25NO2/c1-6-7-12-18-13(17)16-10-8-15(5,9-11-16)14(2,3)4/h8-12H2,1-5H3. The van der Waals surface area contributed by atoms with E-state index in [1.165, 1.54) is 0 Å². The van der Waals surface area contributed by atoms with Crippen molar-refractivity contribution >= 4 is 6.09 Å². The first kappa shape index (κ1) is 14.9. The van der Waals surface area contributed by atoms with Crippen LogP contribution in [0, 0.1) is 22.7 Å². The molecule has 1 aliphatic rings. The van der Waals surface area contributed by atoms with Crippen molar-refractivity contribution in [3.63, 3.8) is 0 Å². The predicted molar refractivity (Wildman–Crippen MR) is 73.2 cm³/mol. The van der Waals surface area contributed by atoms with Gasteiger partial charge in [0.25, 0.3) is 0 Å². The average Bonchev–Trinajstić information content (AvgIpc) is 2.28. The molecule has 3 heteroatoms. The Labute approximate surface area is 111 Å². The number of hydrogen-bond donors (Lipinski definition) is 0. The lowest BCUT2D eigenvalue weighted by atomic mass is 9.63. The Morgan fingerprint density at radius 3 is 2.33 bits per heavy atom. The molecule has 102 valence electrons. The minimum Gasteiger partial charge on any atom is -0.436 e. The summed E-state index contributed by atoms with van der Waals surface area (Å²) in [5, 5.41) is 0. The number of hydrogen-bond acceptors (Lipinski definition) is 2. The maximum Gasteiger partial charge on any atom is 0.410 e. The molecule has 18 heavy (non-hydrogen) atoms. The van der Waals surface area contributed by atoms with Crippen molar-refractivity contribution in [2.45, 2.75) is 47.5 Å². The van der Waals surface area contributed by atoms with Crippen molar-refractivity contribution in [2.75, 3.05) is 19.7 Å². The summed E-state index contributed by atoms with van der Waals surface area (Å²) in [5.74, 6) is 5.45. The van der Waals surface area contributed by atoms with E-state index < -0.39 is 0 Å². The van der Waals surface area contributed by atoms with Crippen molar-refractivity contribution in [3.8, 4) is 11.8 Å². The van der Waals surface area contributed by atoms with Crippen molar-refractivity contribution in [3.05, 3.63) is 0 Å². The second-order valence-electron chi connectivity index (χ2n) is 6.28. The van der Waals surface area contributed by atoms with Gasteiger partial charge in [0, 0.05) is 13.1 Å². The first-order valence-corrected chi connectivity index (χ1v) is 6.61. The van der Waals surface area contributed by atoms with Gasteiger partial charge in [-0.05, 0) is 30.6 Å². The monoisotopic (exact) mass is 251 g/mol. The van der Waals surface area contributed by atoms with Gasteiger partial charge in [-0.2, -0.15) is 0 Å². The maximum atomic E-state index is 11.8. The molecule has 0 saturated carbocycles. The molecule has 1 saturated heterocycles. The summed E-state index contributed by atoms with van der Waals surface area (Å²) in [6.07, 6.45) is 1.84. The third kappa shape index (κ3) is 3.41. The van der Waals surface area contributed by atoms with Gasteiger partial charge >= 0.3 is 6.09 Å². The fraction of sp³-hybridized carbons (Fsp3) is 0.800. The zero-order valence-corrected chi connectivity index (χ0v) is 12.3. The van der Waals surface area contributed by atoms with Crippen LogP contribution in [0.25, 0.3) is 0 Å². The van der Waals surface area contributed by atoms with E-state index >= 15 is 0 Å². The normalized spacial score (nSPS) is 18.8. The number of rotatable bonds is 1. The molecular formula is C15H25NO2. The Kier molecular flexibility index (Phi) is 4.67. The summed E-state index contributed by atoms with van der Waals surface area (Å²) in [6, 6.07) is 0. The molecular weight excluding hydrogens is 226 g/mol. The van der Waals surface area contributed by atoms with Gasteiger partial charge < -0.3 is 9.64 Å². The number of likely N-dealkylation sites (tertiary alicyclic amines) is 1. The highest BCUT2D eigenvalue weighted by molar-refractivity contribution is 5.67. The number of piperidine rings is 1. The molecule has 1 fully saturated rings. The molecule has 1 rings (SSSR count). The fourth-order valence-electron chi connectivity index (χ4n) is 2.19. The summed E-state index contributed by atoms with van der Waals surface area (Å²) in [6.45, 7) is 12.6. The van der Waals surface area contributed by atoms with Gasteiger partial charge in [-0.25, -0.2) is 4.79 Å². The van der Waals surface area contributed by atoms with E-state index in [1.807, 2.05) is 0 Å². The van der Waals surface area contributed by atoms with E-state index in [1.54, 1.807) is 11.8 Å². The predicted octanol–water partition coefficient (Wildman–Crippen LogP) is 3.29. The third-order valence-corrected chi connectivity index (χ3v) is 4.38. The SMILES string of the molecule is CC#CCOC(=O)N1CCC(C)(C(C)(C)C)CC1. The van der Waals surface area contributed by atoms with Crippen LogP contribution in [0.4, 0.5) is 4.79 Å². The molecule has 0 radical (unpaired) electrons. The molecule has 0 atom stereocenters. The Morgan fingerprint density at radius 2 is 1.89 bits per heavy atom. The largest absolute Gasteiger partial charge is 0.436 e. The van der Waals surface area contributed by atoms with Gasteiger partial charge in [0.05, 0.1) is 0 Å². The van der Waals surface area contributed by atoms with Crippen LogP contribution < -0.4 is 0 Å². The minimum atomic E-state index is -0.228. The second kappa shape index (κ2) is 5.65. The zero-order valence-electron chi connectivity index (χ0n) is 12.3. The molecule has 0 aliphatic carbocycles. The summed E-state index contributed by atoms with van der Waals surface area (Å²) < 4.78 is 5.09. The lowest BCUT2D eigenvalue weighted by molar-refractivity contribution is 0.0194. The van der Waals surface area contributed by atoms with E-state index in [-0.39, 0.29) is 18.1 Å². The first-order valence-electron chi connectivity index (χ1n) is 6.61. The quantitative estimate of drug-likeness (QED) is 0.669. The van der Waals surface area contributed by atoms with Crippen LogP contribution in [0.1, 0.15) is 47.5 Å². The van der Waals surface area contributed by atoms with E-state index in [4.69, 9.17) is 4.74 Å². The number of nitrogens with zero attached hydrogens (tertiary/aromatic N) is 1. The molecule has 0 spiro atoms. The van der Waals surface area contributed by atoms with Gasteiger partial charge in [-0.15, -0.1) is 5.92 Å². The Bertz CT molecular complexity index is 349. The number of amides is 1. The van der Waals surface area contributed by atoms with E-state index in [2.05, 4.69) is 39.5 Å². The van der Waals surface area contributed by atoms with Crippen LogP contribution in [0.2, 0.25) is 0 Å². The summed E-state index contributed by atoms with van der Waals surface area (Å²) >= 11 is 0. The molecule has 0 unspecified atom stereocenters. The van der Waals surface area contributed by atoms with Crippen LogP contribution in [0.3, 0.4) is 0 Å². The molecule has 0 bridgehead atoms. The third-order valence-electron chi connectivity index (χ3n) is 4.38. The smallest absolute Gasteiger partial charge is 0.410 e. The Morgan fingerprint density at radius 1 is 1.33 bits per heavy atom. The lowest BCUT2D eigenvalue weighted by Gasteiger charge is -2.47. The Balaban J connectivity index is 2.48. The van der Waals surface area contributed by atoms with Crippen LogP contribution in [-0.2, 0) is 4.74 Å². The van der Waals surface area contributed by atoms with Gasteiger partial charge in [-0.1, -0.05) is 33.6 Å². The van der Waals surface area contributed by atoms with E-state index in [9.17, 15) is 4.79 Å². The van der Waals surface area contributed by atoms with Crippen molar-refractivity contribution in [1.29, 1.82) is 0 Å². The topological polar surface area (TPSA) is 29.5 Å². The molecule has 1 heterocycles. The first-order chi connectivity index (χ1) is 8.30. The summed E-state index contributed by atoms with van der Waals surface area (Å²) in [7, 11) is 0. The average molecular weight is 251 g/mol. The molecule has 0 aromatic heterocycles. The van der Waals surface area contributed by atoms with Gasteiger partial charge in [0.2, 0.25) is 0 Å². The lowest BCUT2D eigenvalue weighted by Crippen LogP contribution is -2.47. The van der Waals surface area contributed by atoms with E-state index in [0.717, 1.165) is 25.9 Å². The van der Waals surface area contributed by atoms with Gasteiger partial charge in [0.1, 0.15) is 0 Å². The van der Waals surface area contributed by atoms with Crippen LogP contribution >= 0.6 is 0 Å². The summed E-state index contributed by atoms with van der Waals surface area (Å²) in [4.78, 5) is 13.6. The van der Waals surface area contributed by atoms with Crippen molar-refractivity contribution in [1.82, 2.24) is 4.90 Å². The van der Waals surface area contributed by atoms with Gasteiger partial charge in [-0.3, -0.25) is 0 Å². The molecule has 3 nitrogen and oxygen atoms in total. The zero-order chi connectivity index (χ0) is 13.8. The Hall–Kier alpha value is -1.17. The highest BCUT2D eigenvalue weighted by atomic mass is 16.6. The van der Waals surface area contributed by atoms with Crippen molar-refractivity contribution in [2.24, 2.45) is 10.8 Å². The highest BCUT2D eigenvalue weighted by Crippen LogP contribution is 2.46. The molecule has 0 aromatic rings. The van der Waals surface area contributed by atoms with Crippen LogP contribution in [0.5, 0.6) is 0 Å². The van der Waals surface area contributed by atoms with Crippen LogP contribution in [0.15, 0.2) is 0 Å². The fourth-order valence-corrected chi connectivity index (χ4v) is 2.19. The number of carbonyl (C=O) groups is 1. The maximum absolute atomic E-state index is 11.8. The molecule has 1 aliphatic heterocycles.